The molecule has 4 nitrogen and oxygen atoms in total. The Kier molecular flexibility index (Phi) is 6.09. The molecule has 3 rings (SSSR count). The van der Waals surface area contributed by atoms with Crippen LogP contribution in [-0.4, -0.2) is 22.8 Å². The van der Waals surface area contributed by atoms with Crippen molar-refractivity contribution in [1.29, 1.82) is 0 Å². The van der Waals surface area contributed by atoms with Gasteiger partial charge in [0.1, 0.15) is 0 Å². The van der Waals surface area contributed by atoms with Crippen LogP contribution in [0.15, 0.2) is 53.1 Å². The molecule has 0 bridgehead atoms. The summed E-state index contributed by atoms with van der Waals surface area (Å²) in [5.74, 6) is -1.04. The molecule has 1 amide bonds. The van der Waals surface area contributed by atoms with Crippen LogP contribution in [0.25, 0.3) is 11.3 Å². The van der Waals surface area contributed by atoms with Crippen molar-refractivity contribution < 1.29 is 18.0 Å². The van der Waals surface area contributed by atoms with Gasteiger partial charge in [0.05, 0.1) is 17.3 Å². The van der Waals surface area contributed by atoms with Crippen molar-refractivity contribution in [2.75, 3.05) is 7.05 Å². The Morgan fingerprint density at radius 2 is 1.96 bits per heavy atom. The second kappa shape index (κ2) is 8.52. The fraction of sp³-hybridized carbons (Fsp3) is 0.238. The number of aryl methyl sites for hydroxylation is 1. The third-order valence-corrected chi connectivity index (χ3v) is 4.98. The number of benzene rings is 2. The predicted octanol–water partition coefficient (Wildman–Crippen LogP) is 5.43. The highest BCUT2D eigenvalue weighted by molar-refractivity contribution is 6.33. The van der Waals surface area contributed by atoms with Crippen molar-refractivity contribution in [3.05, 3.63) is 76.8 Å². The van der Waals surface area contributed by atoms with Crippen molar-refractivity contribution in [2.45, 2.75) is 25.8 Å². The lowest BCUT2D eigenvalue weighted by Gasteiger charge is -2.25. The average molecular weight is 405 g/mol. The zero-order valence-electron chi connectivity index (χ0n) is 15.5. The summed E-state index contributed by atoms with van der Waals surface area (Å²) in [6.07, 6.45) is 2.07. The summed E-state index contributed by atoms with van der Waals surface area (Å²) < 4.78 is 32.2. The summed E-state index contributed by atoms with van der Waals surface area (Å²) in [4.78, 5) is 18.2. The number of halogens is 3. The normalized spacial score (nSPS) is 12.0. The van der Waals surface area contributed by atoms with E-state index in [0.717, 1.165) is 17.7 Å². The average Bonchev–Trinajstić information content (AvgIpc) is 3.16. The Hall–Kier alpha value is -2.73. The SMILES string of the molecule is CC(c1ccc(F)c(F)c1)N(C)C(=O)CCc1ncc(-c2ccccc2Cl)o1. The molecule has 1 heterocycles. The zero-order valence-corrected chi connectivity index (χ0v) is 16.2. The molecule has 1 aromatic heterocycles. The molecule has 1 atom stereocenters. The van der Waals surface area contributed by atoms with Crippen LogP contribution in [-0.2, 0) is 11.2 Å². The van der Waals surface area contributed by atoms with Gasteiger partial charge in [0, 0.05) is 25.5 Å². The van der Waals surface area contributed by atoms with Gasteiger partial charge in [-0.2, -0.15) is 0 Å². The van der Waals surface area contributed by atoms with Crippen molar-refractivity contribution >= 4 is 17.5 Å². The number of aromatic nitrogens is 1. The summed E-state index contributed by atoms with van der Waals surface area (Å²) in [6.45, 7) is 1.76. The molecule has 7 heteroatoms. The van der Waals surface area contributed by atoms with Gasteiger partial charge >= 0.3 is 0 Å². The topological polar surface area (TPSA) is 46.3 Å². The van der Waals surface area contributed by atoms with E-state index in [4.69, 9.17) is 16.0 Å². The summed E-state index contributed by atoms with van der Waals surface area (Å²) in [7, 11) is 1.62. The van der Waals surface area contributed by atoms with Gasteiger partial charge in [-0.1, -0.05) is 29.8 Å². The Balaban J connectivity index is 1.62. The lowest BCUT2D eigenvalue weighted by Crippen LogP contribution is -2.30. The maximum absolute atomic E-state index is 13.4. The van der Waals surface area contributed by atoms with E-state index in [2.05, 4.69) is 4.98 Å². The Morgan fingerprint density at radius 3 is 2.68 bits per heavy atom. The molecule has 3 aromatic rings. The van der Waals surface area contributed by atoms with Gasteiger partial charge in [-0.25, -0.2) is 13.8 Å². The Morgan fingerprint density at radius 1 is 1.21 bits per heavy atom. The summed E-state index contributed by atoms with van der Waals surface area (Å²) in [6, 6.07) is 10.5. The predicted molar refractivity (Wildman–Crippen MR) is 103 cm³/mol. The van der Waals surface area contributed by atoms with E-state index >= 15 is 0 Å². The molecule has 146 valence electrons. The highest BCUT2D eigenvalue weighted by atomic mass is 35.5. The van der Waals surface area contributed by atoms with Crippen LogP contribution in [0, 0.1) is 11.6 Å². The van der Waals surface area contributed by atoms with E-state index in [1.807, 2.05) is 18.2 Å². The largest absolute Gasteiger partial charge is 0.441 e. The fourth-order valence-corrected chi connectivity index (χ4v) is 3.04. The minimum Gasteiger partial charge on any atom is -0.441 e. The summed E-state index contributed by atoms with van der Waals surface area (Å²) in [5.41, 5.74) is 1.25. The highest BCUT2D eigenvalue weighted by Gasteiger charge is 2.19. The molecule has 2 aromatic carbocycles. The molecule has 0 aliphatic carbocycles. The molecule has 0 fully saturated rings. The number of rotatable bonds is 6. The second-order valence-corrected chi connectivity index (χ2v) is 6.86. The third kappa shape index (κ3) is 4.39. The molecule has 0 aliphatic heterocycles. The molecule has 0 radical (unpaired) electrons. The monoisotopic (exact) mass is 404 g/mol. The van der Waals surface area contributed by atoms with Crippen LogP contribution in [0.5, 0.6) is 0 Å². The summed E-state index contributed by atoms with van der Waals surface area (Å²) in [5, 5.41) is 0.557. The lowest BCUT2D eigenvalue weighted by molar-refractivity contribution is -0.131. The van der Waals surface area contributed by atoms with Crippen LogP contribution in [0.3, 0.4) is 0 Å². The quantitative estimate of drug-likeness (QED) is 0.550. The number of amides is 1. The molecular weight excluding hydrogens is 386 g/mol. The smallest absolute Gasteiger partial charge is 0.223 e. The van der Waals surface area contributed by atoms with E-state index < -0.39 is 17.7 Å². The van der Waals surface area contributed by atoms with E-state index in [9.17, 15) is 13.6 Å². The van der Waals surface area contributed by atoms with E-state index in [1.165, 1.54) is 11.0 Å². The van der Waals surface area contributed by atoms with Gasteiger partial charge < -0.3 is 9.32 Å². The maximum atomic E-state index is 13.4. The van der Waals surface area contributed by atoms with Gasteiger partial charge in [0.25, 0.3) is 0 Å². The number of carbonyl (C=O) groups excluding carboxylic acids is 1. The molecule has 0 saturated heterocycles. The van der Waals surface area contributed by atoms with Gasteiger partial charge in [0.15, 0.2) is 23.3 Å². The van der Waals surface area contributed by atoms with E-state index in [1.54, 1.807) is 26.2 Å². The van der Waals surface area contributed by atoms with Gasteiger partial charge in [0.2, 0.25) is 5.91 Å². The first-order valence-electron chi connectivity index (χ1n) is 8.77. The van der Waals surface area contributed by atoms with Gasteiger partial charge in [-0.05, 0) is 36.8 Å². The third-order valence-electron chi connectivity index (χ3n) is 4.65. The lowest BCUT2D eigenvalue weighted by atomic mass is 10.1. The number of hydrogen-bond acceptors (Lipinski definition) is 3. The molecular formula is C21H19ClF2N2O2. The van der Waals surface area contributed by atoms with Crippen LogP contribution >= 0.6 is 11.6 Å². The number of oxazole rings is 1. The van der Waals surface area contributed by atoms with Crippen LogP contribution in [0.4, 0.5) is 8.78 Å². The van der Waals surface area contributed by atoms with Gasteiger partial charge in [-0.3, -0.25) is 4.79 Å². The first kappa shape index (κ1) is 20.0. The first-order valence-corrected chi connectivity index (χ1v) is 9.15. The highest BCUT2D eigenvalue weighted by Crippen LogP contribution is 2.28. The van der Waals surface area contributed by atoms with Crippen molar-refractivity contribution in [2.24, 2.45) is 0 Å². The van der Waals surface area contributed by atoms with Gasteiger partial charge in [-0.15, -0.1) is 0 Å². The first-order chi connectivity index (χ1) is 13.4. The second-order valence-electron chi connectivity index (χ2n) is 6.45. The number of nitrogens with zero attached hydrogens (tertiary/aromatic N) is 2. The zero-order chi connectivity index (χ0) is 20.3. The van der Waals surface area contributed by atoms with Crippen molar-refractivity contribution in [3.8, 4) is 11.3 Å². The molecule has 0 spiro atoms. The number of carbonyl (C=O) groups is 1. The fourth-order valence-electron chi connectivity index (χ4n) is 2.81. The Labute approximate surface area is 166 Å². The summed E-state index contributed by atoms with van der Waals surface area (Å²) >= 11 is 6.15. The van der Waals surface area contributed by atoms with E-state index in [0.29, 0.717) is 28.7 Å². The van der Waals surface area contributed by atoms with Crippen molar-refractivity contribution in [3.63, 3.8) is 0 Å². The molecule has 0 N–H and O–H groups in total. The molecule has 0 aliphatic rings. The van der Waals surface area contributed by atoms with E-state index in [-0.39, 0.29) is 12.3 Å². The van der Waals surface area contributed by atoms with Crippen molar-refractivity contribution in [1.82, 2.24) is 9.88 Å². The standard InChI is InChI=1S/C21H19ClF2N2O2/c1-13(14-7-8-17(23)18(24)11-14)26(2)21(27)10-9-20-25-12-19(28-20)15-5-3-4-6-16(15)22/h3-8,11-13H,9-10H2,1-2H3. The molecule has 0 saturated carbocycles. The maximum Gasteiger partial charge on any atom is 0.223 e. The molecule has 28 heavy (non-hydrogen) atoms. The Bertz CT molecular complexity index is 990. The minimum absolute atomic E-state index is 0.158. The van der Waals surface area contributed by atoms with Crippen LogP contribution in [0.1, 0.15) is 30.8 Å². The minimum atomic E-state index is -0.933. The number of hydrogen-bond donors (Lipinski definition) is 0. The molecule has 1 unspecified atom stereocenters. The van der Waals surface area contributed by atoms with Crippen LogP contribution in [0.2, 0.25) is 5.02 Å². The van der Waals surface area contributed by atoms with Crippen LogP contribution < -0.4 is 0 Å².